The van der Waals surface area contributed by atoms with Gasteiger partial charge in [-0.1, -0.05) is 11.8 Å². The van der Waals surface area contributed by atoms with Gasteiger partial charge in [-0.2, -0.15) is 0 Å². The number of carbonyl (C=O) groups excluding carboxylic acids is 1. The molecule has 8 heavy (non-hydrogen) atoms. The van der Waals surface area contributed by atoms with Crippen LogP contribution in [-0.4, -0.2) is 21.7 Å². The molecule has 46 valence electrons. The maximum atomic E-state index is 10.5. The molecule has 0 aromatic heterocycles. The number of aliphatic hydroxyl groups excluding tert-OH is 1. The largest absolute Gasteiger partial charge is 0.382 e. The summed E-state index contributed by atoms with van der Waals surface area (Å²) in [5.41, 5.74) is 4.68. The molecule has 0 aromatic rings. The number of aliphatic hydroxyl groups is 1. The molecule has 1 unspecified atom stereocenters. The van der Waals surface area contributed by atoms with Crippen molar-refractivity contribution in [3.63, 3.8) is 0 Å². The number of nitrogens with two attached hydrogens (primary N) is 1. The average Bonchev–Trinajstić information content (AvgIpc) is 1.85. The second-order valence-electron chi connectivity index (χ2n) is 1.73. The van der Waals surface area contributed by atoms with E-state index in [4.69, 9.17) is 10.8 Å². The predicted octanol–water partition coefficient (Wildman–Crippen LogP) is -0.704. The van der Waals surface area contributed by atoms with Gasteiger partial charge in [-0.15, -0.1) is 0 Å². The normalized spacial score (nSPS) is 38.5. The van der Waals surface area contributed by atoms with E-state index in [-0.39, 0.29) is 5.12 Å². The molecule has 1 aliphatic rings. The van der Waals surface area contributed by atoms with Crippen LogP contribution in [0.1, 0.15) is 6.42 Å². The van der Waals surface area contributed by atoms with E-state index in [2.05, 4.69) is 0 Å². The van der Waals surface area contributed by atoms with Gasteiger partial charge in [-0.3, -0.25) is 4.79 Å². The van der Waals surface area contributed by atoms with Gasteiger partial charge in [-0.05, 0) is 0 Å². The van der Waals surface area contributed by atoms with Crippen LogP contribution in [0.2, 0.25) is 0 Å². The summed E-state index contributed by atoms with van der Waals surface area (Å²) in [4.78, 5) is 10.5. The first-order valence-electron chi connectivity index (χ1n) is 2.34. The number of hydrogen-bond donors (Lipinski definition) is 2. The third-order valence-corrected chi connectivity index (χ3v) is 2.01. The lowest BCUT2D eigenvalue weighted by atomic mass is 10.3. The minimum Gasteiger partial charge on any atom is -0.382 e. The number of hydrogen-bond acceptors (Lipinski definition) is 4. The maximum Gasteiger partial charge on any atom is 0.208 e. The highest BCUT2D eigenvalue weighted by molar-refractivity contribution is 8.14. The fourth-order valence-electron chi connectivity index (χ4n) is 0.583. The molecule has 0 bridgehead atoms. The van der Waals surface area contributed by atoms with Crippen molar-refractivity contribution in [1.29, 1.82) is 0 Å². The summed E-state index contributed by atoms with van der Waals surface area (Å²) in [6.07, 6.45) is 0.406. The summed E-state index contributed by atoms with van der Waals surface area (Å²) >= 11 is 0.920. The van der Waals surface area contributed by atoms with Crippen LogP contribution < -0.4 is 5.73 Å². The third-order valence-electron chi connectivity index (χ3n) is 1.01. The lowest BCUT2D eigenvalue weighted by Gasteiger charge is -1.93. The van der Waals surface area contributed by atoms with E-state index < -0.39 is 11.5 Å². The highest BCUT2D eigenvalue weighted by Crippen LogP contribution is 2.24. The zero-order valence-corrected chi connectivity index (χ0v) is 5.02. The Bertz CT molecular complexity index is 117. The van der Waals surface area contributed by atoms with E-state index in [9.17, 15) is 4.79 Å². The second-order valence-corrected chi connectivity index (χ2v) is 2.92. The third kappa shape index (κ3) is 1.02. The summed E-state index contributed by atoms with van der Waals surface area (Å²) in [6.45, 7) is 0. The molecule has 1 saturated heterocycles. The van der Waals surface area contributed by atoms with Crippen molar-refractivity contribution in [3.05, 3.63) is 0 Å². The lowest BCUT2D eigenvalue weighted by molar-refractivity contribution is -0.111. The van der Waals surface area contributed by atoms with Crippen LogP contribution in [0.3, 0.4) is 0 Å². The van der Waals surface area contributed by atoms with E-state index >= 15 is 0 Å². The molecule has 0 spiro atoms. The van der Waals surface area contributed by atoms with Gasteiger partial charge in [0.15, 0.2) is 0 Å². The molecule has 3 N–H and O–H groups in total. The smallest absolute Gasteiger partial charge is 0.208 e. The van der Waals surface area contributed by atoms with E-state index in [1.807, 2.05) is 0 Å². The van der Waals surface area contributed by atoms with Gasteiger partial charge >= 0.3 is 0 Å². The standard InChI is InChI=1S/C4H7NO2S/c5-2-1-3(6)8-4(2)7/h2-3,6H,1,5H2/t2-,3?/m0/s1. The Hall–Kier alpha value is -0.0600. The lowest BCUT2D eigenvalue weighted by Crippen LogP contribution is -2.23. The van der Waals surface area contributed by atoms with E-state index in [1.54, 1.807) is 0 Å². The van der Waals surface area contributed by atoms with Crippen molar-refractivity contribution in [3.8, 4) is 0 Å². The molecule has 4 heteroatoms. The summed E-state index contributed by atoms with van der Waals surface area (Å²) in [7, 11) is 0. The zero-order valence-electron chi connectivity index (χ0n) is 4.20. The van der Waals surface area contributed by atoms with Crippen molar-refractivity contribution >= 4 is 16.9 Å². The molecule has 1 fully saturated rings. The Kier molecular flexibility index (Phi) is 1.55. The zero-order chi connectivity index (χ0) is 6.15. The van der Waals surface area contributed by atoms with Crippen LogP contribution in [0, 0.1) is 0 Å². The van der Waals surface area contributed by atoms with Gasteiger partial charge in [0.1, 0.15) is 5.44 Å². The van der Waals surface area contributed by atoms with Gasteiger partial charge in [0.2, 0.25) is 5.12 Å². The van der Waals surface area contributed by atoms with E-state index in [1.165, 1.54) is 0 Å². The molecule has 0 aliphatic carbocycles. The molecule has 0 radical (unpaired) electrons. The van der Waals surface area contributed by atoms with Gasteiger partial charge < -0.3 is 10.8 Å². The minimum absolute atomic E-state index is 0.0995. The Morgan fingerprint density at radius 3 is 2.62 bits per heavy atom. The van der Waals surface area contributed by atoms with E-state index in [0.29, 0.717) is 6.42 Å². The van der Waals surface area contributed by atoms with Gasteiger partial charge in [0, 0.05) is 6.42 Å². The number of carbonyl (C=O) groups is 1. The topological polar surface area (TPSA) is 63.3 Å². The monoisotopic (exact) mass is 133 g/mol. The molecule has 0 aromatic carbocycles. The Balaban J connectivity index is 2.51. The first-order valence-corrected chi connectivity index (χ1v) is 3.22. The SMILES string of the molecule is N[C@H]1CC(O)SC1=O. The predicted molar refractivity (Wildman–Crippen MR) is 31.2 cm³/mol. The highest BCUT2D eigenvalue weighted by atomic mass is 32.2. The summed E-state index contributed by atoms with van der Waals surface area (Å²) in [5.74, 6) is 0. The molecular weight excluding hydrogens is 126 g/mol. The molecule has 1 heterocycles. The van der Waals surface area contributed by atoms with Crippen molar-refractivity contribution < 1.29 is 9.90 Å². The van der Waals surface area contributed by atoms with Crippen LogP contribution in [0.5, 0.6) is 0 Å². The summed E-state index contributed by atoms with van der Waals surface area (Å²) < 4.78 is 0. The molecule has 0 amide bonds. The fourth-order valence-corrected chi connectivity index (χ4v) is 1.43. The van der Waals surface area contributed by atoms with E-state index in [0.717, 1.165) is 11.8 Å². The van der Waals surface area contributed by atoms with Crippen LogP contribution in [0.4, 0.5) is 0 Å². The number of rotatable bonds is 0. The second kappa shape index (κ2) is 2.05. The Labute approximate surface area is 51.2 Å². The van der Waals surface area contributed by atoms with Crippen LogP contribution >= 0.6 is 11.8 Å². The summed E-state index contributed by atoms with van der Waals surface area (Å²) in [5, 5.41) is 8.63. The van der Waals surface area contributed by atoms with Crippen molar-refractivity contribution in [2.45, 2.75) is 17.9 Å². The molecule has 1 rings (SSSR count). The molecule has 3 nitrogen and oxygen atoms in total. The maximum absolute atomic E-state index is 10.5. The quantitative estimate of drug-likeness (QED) is 0.458. The minimum atomic E-state index is -0.558. The van der Waals surface area contributed by atoms with Crippen LogP contribution in [0.15, 0.2) is 0 Å². The molecular formula is C4H7NO2S. The fraction of sp³-hybridized carbons (Fsp3) is 0.750. The Morgan fingerprint density at radius 1 is 1.88 bits per heavy atom. The molecule has 1 aliphatic heterocycles. The van der Waals surface area contributed by atoms with Crippen molar-refractivity contribution in [2.24, 2.45) is 5.73 Å². The van der Waals surface area contributed by atoms with Crippen LogP contribution in [0.25, 0.3) is 0 Å². The van der Waals surface area contributed by atoms with Gasteiger partial charge in [0.05, 0.1) is 6.04 Å². The first kappa shape index (κ1) is 6.07. The number of thioether (sulfide) groups is 1. The molecule has 0 saturated carbocycles. The van der Waals surface area contributed by atoms with Crippen molar-refractivity contribution in [2.75, 3.05) is 0 Å². The summed E-state index contributed by atoms with van der Waals surface area (Å²) in [6, 6.07) is -0.435. The molecule has 2 atom stereocenters. The average molecular weight is 133 g/mol. The highest BCUT2D eigenvalue weighted by Gasteiger charge is 2.28. The van der Waals surface area contributed by atoms with Crippen LogP contribution in [-0.2, 0) is 4.79 Å². The Morgan fingerprint density at radius 2 is 2.50 bits per heavy atom. The van der Waals surface area contributed by atoms with Gasteiger partial charge in [-0.25, -0.2) is 0 Å². The van der Waals surface area contributed by atoms with Crippen molar-refractivity contribution in [1.82, 2.24) is 0 Å². The van der Waals surface area contributed by atoms with Gasteiger partial charge in [0.25, 0.3) is 0 Å². The first-order chi connectivity index (χ1) is 3.70.